The molecule has 0 amide bonds. The van der Waals surface area contributed by atoms with Crippen LogP contribution < -0.4 is 0 Å². The molecule has 10 rings (SSSR count). The number of hydrogen-bond donors (Lipinski definition) is 0. The van der Waals surface area contributed by atoms with Gasteiger partial charge in [-0.1, -0.05) is 140 Å². The number of para-hydroxylation sites is 3. The van der Waals surface area contributed by atoms with Crippen LogP contribution in [0.5, 0.6) is 0 Å². The van der Waals surface area contributed by atoms with Gasteiger partial charge in [0.05, 0.1) is 22.4 Å². The molecule has 0 aliphatic heterocycles. The second kappa shape index (κ2) is 13.4. The number of nitrogens with zero attached hydrogens (tertiary/aromatic N) is 4. The zero-order valence-corrected chi connectivity index (χ0v) is 29.4. The van der Waals surface area contributed by atoms with Crippen LogP contribution in [0.4, 0.5) is 0 Å². The predicted octanol–water partition coefficient (Wildman–Crippen LogP) is 12.7. The third kappa shape index (κ3) is 5.67. The number of imidazole rings is 2. The van der Waals surface area contributed by atoms with E-state index in [4.69, 9.17) is 9.97 Å². The molecule has 4 heteroatoms. The molecule has 3 aromatic heterocycles. The maximum Gasteiger partial charge on any atom is 0.145 e. The lowest BCUT2D eigenvalue weighted by molar-refractivity contribution is 1.10. The molecule has 0 saturated carbocycles. The van der Waals surface area contributed by atoms with Crippen LogP contribution in [0.25, 0.3) is 89.7 Å². The van der Waals surface area contributed by atoms with Crippen molar-refractivity contribution in [1.29, 1.82) is 0 Å². The van der Waals surface area contributed by atoms with Crippen molar-refractivity contribution >= 4 is 16.7 Å². The summed E-state index contributed by atoms with van der Waals surface area (Å²) in [5.41, 5.74) is 16.3. The summed E-state index contributed by atoms with van der Waals surface area (Å²) in [6.45, 7) is 0. The highest BCUT2D eigenvalue weighted by Crippen LogP contribution is 2.38. The van der Waals surface area contributed by atoms with Crippen LogP contribution in [-0.4, -0.2) is 18.9 Å². The third-order valence-corrected chi connectivity index (χ3v) is 10.1. The Balaban J connectivity index is 1.08. The normalized spacial score (nSPS) is 11.3. The van der Waals surface area contributed by atoms with Gasteiger partial charge >= 0.3 is 0 Å². The average molecular weight is 691 g/mol. The van der Waals surface area contributed by atoms with Crippen LogP contribution in [0.15, 0.2) is 206 Å². The van der Waals surface area contributed by atoms with Crippen molar-refractivity contribution in [1.82, 2.24) is 18.9 Å². The van der Waals surface area contributed by atoms with Gasteiger partial charge in [0.25, 0.3) is 0 Å². The number of aromatic nitrogens is 4. The fourth-order valence-electron chi connectivity index (χ4n) is 7.54. The van der Waals surface area contributed by atoms with Gasteiger partial charge in [0.1, 0.15) is 11.5 Å². The highest BCUT2D eigenvalue weighted by Gasteiger charge is 2.18. The van der Waals surface area contributed by atoms with E-state index in [2.05, 4.69) is 203 Å². The minimum atomic E-state index is 0.918. The molecule has 0 radical (unpaired) electrons. The van der Waals surface area contributed by atoms with Crippen LogP contribution in [0.2, 0.25) is 0 Å². The van der Waals surface area contributed by atoms with E-state index in [9.17, 15) is 0 Å². The van der Waals surface area contributed by atoms with E-state index in [0.717, 1.165) is 78.5 Å². The molecule has 254 valence electrons. The third-order valence-electron chi connectivity index (χ3n) is 10.1. The zero-order valence-electron chi connectivity index (χ0n) is 29.4. The second-order valence-electron chi connectivity index (χ2n) is 13.5. The van der Waals surface area contributed by atoms with E-state index in [1.54, 1.807) is 0 Å². The summed E-state index contributed by atoms with van der Waals surface area (Å²) in [6, 6.07) is 70.7. The van der Waals surface area contributed by atoms with Crippen LogP contribution in [0.3, 0.4) is 0 Å². The molecule has 0 atom stereocenters. The lowest BCUT2D eigenvalue weighted by Gasteiger charge is -2.14. The molecule has 0 N–H and O–H groups in total. The van der Waals surface area contributed by atoms with Gasteiger partial charge in [-0.15, -0.1) is 0 Å². The van der Waals surface area contributed by atoms with E-state index in [1.165, 1.54) is 11.1 Å². The molecule has 0 saturated heterocycles. The van der Waals surface area contributed by atoms with Gasteiger partial charge in [-0.25, -0.2) is 9.97 Å². The van der Waals surface area contributed by atoms with Gasteiger partial charge in [-0.05, 0) is 94.0 Å². The van der Waals surface area contributed by atoms with Crippen LogP contribution in [-0.2, 0) is 0 Å². The smallest absolute Gasteiger partial charge is 0.145 e. The summed E-state index contributed by atoms with van der Waals surface area (Å²) in [6.07, 6.45) is 2.09. The largest absolute Gasteiger partial charge is 0.299 e. The fourth-order valence-corrected chi connectivity index (χ4v) is 7.54. The van der Waals surface area contributed by atoms with Crippen LogP contribution in [0, 0.1) is 0 Å². The Bertz CT molecular complexity index is 2910. The summed E-state index contributed by atoms with van der Waals surface area (Å²) in [5, 5.41) is 0. The summed E-state index contributed by atoms with van der Waals surface area (Å²) < 4.78 is 4.44. The minimum Gasteiger partial charge on any atom is -0.299 e. The van der Waals surface area contributed by atoms with Crippen molar-refractivity contribution in [2.75, 3.05) is 0 Å². The maximum atomic E-state index is 5.15. The Morgan fingerprint density at radius 2 is 0.889 bits per heavy atom. The molecule has 0 unspecified atom stereocenters. The van der Waals surface area contributed by atoms with E-state index >= 15 is 0 Å². The first kappa shape index (κ1) is 31.4. The molecule has 0 fully saturated rings. The fraction of sp³-hybridized carbons (Fsp3) is 0. The first-order valence-corrected chi connectivity index (χ1v) is 18.2. The molecular formula is C50H34N4. The molecule has 54 heavy (non-hydrogen) atoms. The molecule has 0 aliphatic rings. The topological polar surface area (TPSA) is 35.1 Å². The van der Waals surface area contributed by atoms with E-state index in [0.29, 0.717) is 0 Å². The van der Waals surface area contributed by atoms with Crippen molar-refractivity contribution in [2.45, 2.75) is 0 Å². The Morgan fingerprint density at radius 1 is 0.352 bits per heavy atom. The highest BCUT2D eigenvalue weighted by atomic mass is 15.1. The first-order valence-electron chi connectivity index (χ1n) is 18.2. The van der Waals surface area contributed by atoms with Crippen molar-refractivity contribution < 1.29 is 0 Å². The van der Waals surface area contributed by atoms with Crippen molar-refractivity contribution in [3.8, 4) is 73.0 Å². The van der Waals surface area contributed by atoms with Gasteiger partial charge in [-0.3, -0.25) is 8.97 Å². The Kier molecular flexibility index (Phi) is 7.77. The molecular weight excluding hydrogens is 657 g/mol. The second-order valence-corrected chi connectivity index (χ2v) is 13.5. The molecule has 10 aromatic rings. The van der Waals surface area contributed by atoms with Gasteiger partial charge < -0.3 is 0 Å². The van der Waals surface area contributed by atoms with E-state index in [-0.39, 0.29) is 0 Å². The summed E-state index contributed by atoms with van der Waals surface area (Å²) >= 11 is 0. The number of hydrogen-bond acceptors (Lipinski definition) is 2. The number of rotatable bonds is 7. The van der Waals surface area contributed by atoms with Crippen molar-refractivity contribution in [3.63, 3.8) is 0 Å². The number of benzene rings is 7. The van der Waals surface area contributed by atoms with Crippen LogP contribution >= 0.6 is 0 Å². The summed E-state index contributed by atoms with van der Waals surface area (Å²) in [4.78, 5) is 10.3. The monoisotopic (exact) mass is 690 g/mol. The molecule has 0 spiro atoms. The van der Waals surface area contributed by atoms with Crippen molar-refractivity contribution in [3.05, 3.63) is 206 Å². The number of pyridine rings is 1. The highest BCUT2D eigenvalue weighted by molar-refractivity contribution is 5.87. The molecule has 3 heterocycles. The zero-order chi connectivity index (χ0) is 35.8. The molecule has 0 aliphatic carbocycles. The lowest BCUT2D eigenvalue weighted by atomic mass is 9.92. The van der Waals surface area contributed by atoms with Gasteiger partial charge in [0.2, 0.25) is 0 Å². The lowest BCUT2D eigenvalue weighted by Crippen LogP contribution is -1.97. The minimum absolute atomic E-state index is 0.918. The van der Waals surface area contributed by atoms with Crippen molar-refractivity contribution in [2.24, 2.45) is 0 Å². The molecule has 7 aromatic carbocycles. The Labute approximate surface area is 313 Å². The standard InChI is InChI=1S/C50H34N4/c1-4-15-35(16-5-1)41-32-42(36-26-28-37(29-27-36)48-49(38-17-6-2-7-18-38)53-30-13-12-25-47(53)52-48)34-43(33-41)39-19-14-20-40(31-39)50-51-45-23-10-11-24-46(45)54(50)44-21-8-3-9-22-44/h1-34H. The number of fused-ring (bicyclic) bond motifs is 2. The van der Waals surface area contributed by atoms with Gasteiger partial charge in [-0.2, -0.15) is 0 Å². The SMILES string of the molecule is c1ccc(-c2cc(-c3ccc(-c4nc5ccccn5c4-c4ccccc4)cc3)cc(-c3cccc(-c4nc5ccccc5n4-c4ccccc4)c3)c2)cc1. The van der Waals surface area contributed by atoms with Gasteiger partial charge in [0.15, 0.2) is 0 Å². The molecule has 4 nitrogen and oxygen atoms in total. The Hall–Kier alpha value is -7.30. The average Bonchev–Trinajstić information content (AvgIpc) is 3.84. The predicted molar refractivity (Wildman–Crippen MR) is 222 cm³/mol. The van der Waals surface area contributed by atoms with Gasteiger partial charge in [0, 0.05) is 28.6 Å². The quantitative estimate of drug-likeness (QED) is 0.167. The summed E-state index contributed by atoms with van der Waals surface area (Å²) in [7, 11) is 0. The van der Waals surface area contributed by atoms with E-state index in [1.807, 2.05) is 12.1 Å². The summed E-state index contributed by atoms with van der Waals surface area (Å²) in [5.74, 6) is 0.918. The first-order chi connectivity index (χ1) is 26.8. The Morgan fingerprint density at radius 3 is 1.63 bits per heavy atom. The van der Waals surface area contributed by atoms with Crippen LogP contribution in [0.1, 0.15) is 0 Å². The molecule has 0 bridgehead atoms. The van der Waals surface area contributed by atoms with E-state index < -0.39 is 0 Å². The maximum absolute atomic E-state index is 5.15.